The lowest BCUT2D eigenvalue weighted by atomic mass is 9.86. The minimum atomic E-state index is -3.03. The van der Waals surface area contributed by atoms with E-state index in [1.165, 1.54) is 13.1 Å². The Morgan fingerprint density at radius 1 is 1.28 bits per heavy atom. The Morgan fingerprint density at radius 3 is 2.62 bits per heavy atom. The maximum absolute atomic E-state index is 13.2. The molecule has 0 radical (unpaired) electrons. The molecule has 32 heavy (non-hydrogen) atoms. The number of ketones is 1. The molecule has 8 nitrogen and oxygen atoms in total. The van der Waals surface area contributed by atoms with Gasteiger partial charge in [0.15, 0.2) is 15.6 Å². The number of Topliss-reactive ketones (excluding diaryl/α,β-unsaturated/α-hetero) is 1. The number of pyridine rings is 2. The average Bonchev–Trinajstić information content (AvgIpc) is 3.05. The number of fused-ring (bicyclic) bond motifs is 1. The second-order valence-electron chi connectivity index (χ2n) is 8.94. The van der Waals surface area contributed by atoms with Gasteiger partial charge >= 0.3 is 0 Å². The van der Waals surface area contributed by atoms with Gasteiger partial charge in [0.1, 0.15) is 11.2 Å². The van der Waals surface area contributed by atoms with Gasteiger partial charge in [-0.25, -0.2) is 17.8 Å². The Hall–Kier alpha value is -2.88. The fraction of sp³-hybridized carbons (Fsp3) is 0.455. The first-order chi connectivity index (χ1) is 15.0. The van der Waals surface area contributed by atoms with Gasteiger partial charge in [-0.05, 0) is 26.0 Å². The first kappa shape index (κ1) is 22.3. The van der Waals surface area contributed by atoms with Crippen molar-refractivity contribution in [2.45, 2.75) is 46.5 Å². The molecule has 10 heteroatoms. The van der Waals surface area contributed by atoms with Crippen LogP contribution in [0.2, 0.25) is 0 Å². The predicted molar refractivity (Wildman–Crippen MR) is 118 cm³/mol. The van der Waals surface area contributed by atoms with Crippen molar-refractivity contribution in [1.82, 2.24) is 19.7 Å². The molecule has 0 bridgehead atoms. The Bertz CT molecular complexity index is 1290. The first-order valence-electron chi connectivity index (χ1n) is 10.4. The number of hydrogen-bond donors (Lipinski definition) is 0. The van der Waals surface area contributed by atoms with E-state index in [0.29, 0.717) is 28.0 Å². The molecular formula is C22H25FN4O4S. The quantitative estimate of drug-likeness (QED) is 0.494. The summed E-state index contributed by atoms with van der Waals surface area (Å²) >= 11 is 0. The highest BCUT2D eigenvalue weighted by Crippen LogP contribution is 2.37. The predicted octanol–water partition coefficient (Wildman–Crippen LogP) is 3.78. The maximum Gasteiger partial charge on any atom is 0.237 e. The summed E-state index contributed by atoms with van der Waals surface area (Å²) in [7, 11) is -3.03. The lowest BCUT2D eigenvalue weighted by Crippen LogP contribution is -2.47. The summed E-state index contributed by atoms with van der Waals surface area (Å²) in [4.78, 5) is 21.7. The monoisotopic (exact) mass is 460 g/mol. The van der Waals surface area contributed by atoms with E-state index in [-0.39, 0.29) is 35.6 Å². The molecule has 1 aliphatic heterocycles. The highest BCUT2D eigenvalue weighted by Gasteiger charge is 2.45. The van der Waals surface area contributed by atoms with Crippen molar-refractivity contribution in [1.29, 1.82) is 0 Å². The zero-order chi connectivity index (χ0) is 23.3. The van der Waals surface area contributed by atoms with Gasteiger partial charge in [0, 0.05) is 42.6 Å². The molecule has 0 amide bonds. The summed E-state index contributed by atoms with van der Waals surface area (Å²) in [5.41, 5.74) is 2.08. The Labute approximate surface area is 185 Å². The van der Waals surface area contributed by atoms with Crippen LogP contribution in [0.3, 0.4) is 0 Å². The first-order valence-corrected chi connectivity index (χ1v) is 12.2. The fourth-order valence-electron chi connectivity index (χ4n) is 4.13. The topological polar surface area (TPSA) is 104 Å². The zero-order valence-corrected chi connectivity index (χ0v) is 19.2. The SMILES string of the molecule is CC(F)Oc1cccc(-c2nn(C(C)C)c3cc(C(=O)CC4(C)CS(=O)(=O)C4)cnc23)n1. The molecule has 1 atom stereocenters. The van der Waals surface area contributed by atoms with E-state index >= 15 is 0 Å². The van der Waals surface area contributed by atoms with Gasteiger partial charge in [-0.1, -0.05) is 13.0 Å². The van der Waals surface area contributed by atoms with Crippen LogP contribution in [-0.2, 0) is 9.84 Å². The summed E-state index contributed by atoms with van der Waals surface area (Å²) in [6, 6.07) is 6.72. The van der Waals surface area contributed by atoms with Crippen LogP contribution in [0.1, 0.15) is 50.5 Å². The van der Waals surface area contributed by atoms with Crippen LogP contribution >= 0.6 is 0 Å². The molecule has 4 rings (SSSR count). The van der Waals surface area contributed by atoms with E-state index in [2.05, 4.69) is 15.1 Å². The van der Waals surface area contributed by atoms with Gasteiger partial charge in [-0.3, -0.25) is 14.5 Å². The van der Waals surface area contributed by atoms with Gasteiger partial charge in [0.25, 0.3) is 0 Å². The van der Waals surface area contributed by atoms with Crippen molar-refractivity contribution in [2.75, 3.05) is 11.5 Å². The third-order valence-electron chi connectivity index (χ3n) is 5.33. The minimum absolute atomic E-state index is 0.0157. The van der Waals surface area contributed by atoms with Crippen LogP contribution in [0.5, 0.6) is 5.88 Å². The summed E-state index contributed by atoms with van der Waals surface area (Å²) in [5, 5.41) is 4.65. The van der Waals surface area contributed by atoms with Gasteiger partial charge < -0.3 is 4.74 Å². The van der Waals surface area contributed by atoms with Gasteiger partial charge in [-0.2, -0.15) is 5.10 Å². The number of ether oxygens (including phenoxy) is 1. The molecule has 170 valence electrons. The van der Waals surface area contributed by atoms with E-state index in [1.807, 2.05) is 20.8 Å². The molecule has 0 spiro atoms. The minimum Gasteiger partial charge on any atom is -0.444 e. The highest BCUT2D eigenvalue weighted by atomic mass is 32.2. The largest absolute Gasteiger partial charge is 0.444 e. The van der Waals surface area contributed by atoms with E-state index in [4.69, 9.17) is 4.74 Å². The molecule has 1 aliphatic rings. The van der Waals surface area contributed by atoms with E-state index in [0.717, 1.165) is 0 Å². The summed E-state index contributed by atoms with van der Waals surface area (Å²) in [6.07, 6.45) is 0.132. The van der Waals surface area contributed by atoms with Crippen molar-refractivity contribution >= 4 is 26.7 Å². The van der Waals surface area contributed by atoms with Crippen molar-refractivity contribution in [2.24, 2.45) is 5.41 Å². The molecule has 0 saturated carbocycles. The lowest BCUT2D eigenvalue weighted by molar-refractivity contribution is 0.0811. The number of sulfone groups is 1. The van der Waals surface area contributed by atoms with Gasteiger partial charge in [-0.15, -0.1) is 0 Å². The molecule has 1 unspecified atom stereocenters. The van der Waals surface area contributed by atoms with Crippen LogP contribution in [0.15, 0.2) is 30.5 Å². The molecule has 3 aromatic heterocycles. The lowest BCUT2D eigenvalue weighted by Gasteiger charge is -2.37. The second-order valence-corrected chi connectivity index (χ2v) is 11.0. The third kappa shape index (κ3) is 4.36. The van der Waals surface area contributed by atoms with Crippen molar-refractivity contribution in [3.63, 3.8) is 0 Å². The normalized spacial score (nSPS) is 17.8. The van der Waals surface area contributed by atoms with Crippen LogP contribution in [0, 0.1) is 5.41 Å². The molecule has 1 saturated heterocycles. The van der Waals surface area contributed by atoms with Crippen molar-refractivity contribution in [3.8, 4) is 17.3 Å². The summed E-state index contributed by atoms with van der Waals surface area (Å²) < 4.78 is 43.2. The number of alkyl halides is 1. The zero-order valence-electron chi connectivity index (χ0n) is 18.4. The van der Waals surface area contributed by atoms with Crippen molar-refractivity contribution < 1.29 is 22.3 Å². The Balaban J connectivity index is 1.71. The van der Waals surface area contributed by atoms with Crippen LogP contribution in [0.4, 0.5) is 4.39 Å². The fourth-order valence-corrected chi connectivity index (χ4v) is 6.37. The van der Waals surface area contributed by atoms with Gasteiger partial charge in [0.05, 0.1) is 22.7 Å². The number of halogens is 1. The molecule has 3 aromatic rings. The molecule has 0 aromatic carbocycles. The number of hydrogen-bond acceptors (Lipinski definition) is 7. The van der Waals surface area contributed by atoms with Crippen molar-refractivity contribution in [3.05, 3.63) is 36.0 Å². The smallest absolute Gasteiger partial charge is 0.237 e. The highest BCUT2D eigenvalue weighted by molar-refractivity contribution is 7.92. The molecule has 1 fully saturated rings. The standard InChI is InChI=1S/C22H25FN4O4S/c1-13(2)27-17-8-15(18(28)9-22(4)11-32(29,30)12-22)10-24-21(17)20(26-27)16-6-5-7-19(25-16)31-14(3)23/h5-8,10,13-14H,9,11-12H2,1-4H3. The number of carbonyl (C=O) groups is 1. The Kier molecular flexibility index (Phi) is 5.52. The Morgan fingerprint density at radius 2 is 2.00 bits per heavy atom. The van der Waals surface area contributed by atoms with E-state index in [9.17, 15) is 17.6 Å². The van der Waals surface area contributed by atoms with Crippen LogP contribution < -0.4 is 4.74 Å². The number of nitrogens with zero attached hydrogens (tertiary/aromatic N) is 4. The summed E-state index contributed by atoms with van der Waals surface area (Å²) in [6.45, 7) is 7.01. The average molecular weight is 461 g/mol. The molecule has 4 heterocycles. The molecular weight excluding hydrogens is 435 g/mol. The molecule has 0 N–H and O–H groups in total. The van der Waals surface area contributed by atoms with Gasteiger partial charge in [0.2, 0.25) is 12.2 Å². The number of aromatic nitrogens is 4. The molecule has 0 aliphatic carbocycles. The maximum atomic E-state index is 13.2. The van der Waals surface area contributed by atoms with E-state index < -0.39 is 21.6 Å². The third-order valence-corrected chi connectivity index (χ3v) is 7.60. The van der Waals surface area contributed by atoms with Crippen LogP contribution in [0.25, 0.3) is 22.4 Å². The van der Waals surface area contributed by atoms with E-state index in [1.54, 1.807) is 28.9 Å². The number of rotatable bonds is 7. The van der Waals surface area contributed by atoms with Crippen LogP contribution in [-0.4, -0.2) is 51.8 Å². The summed E-state index contributed by atoms with van der Waals surface area (Å²) in [5.74, 6) is 0.0364. The second kappa shape index (κ2) is 7.91. The number of carbonyl (C=O) groups excluding carboxylic acids is 1.